The largest absolute Gasteiger partial charge is 0.271 e. The monoisotopic (exact) mass is 349 g/mol. The van der Waals surface area contributed by atoms with Crippen molar-refractivity contribution in [2.24, 2.45) is 0 Å². The molecule has 0 aromatic heterocycles. The van der Waals surface area contributed by atoms with Gasteiger partial charge in [-0.25, -0.2) is 17.2 Å². The molecule has 0 aliphatic heterocycles. The van der Waals surface area contributed by atoms with Gasteiger partial charge in [0.15, 0.2) is 0 Å². The third-order valence-electron chi connectivity index (χ3n) is 1.76. The van der Waals surface area contributed by atoms with Crippen molar-refractivity contribution in [2.45, 2.75) is 11.3 Å². The van der Waals surface area contributed by atoms with Crippen molar-refractivity contribution < 1.29 is 22.1 Å². The summed E-state index contributed by atoms with van der Waals surface area (Å²) in [5.41, 5.74) is -1.58. The highest BCUT2D eigenvalue weighted by Gasteiger charge is 2.26. The lowest BCUT2D eigenvalue weighted by Gasteiger charge is -2.07. The van der Waals surface area contributed by atoms with Gasteiger partial charge in [-0.2, -0.15) is 0 Å². The van der Waals surface area contributed by atoms with Crippen LogP contribution in [0.1, 0.15) is 12.0 Å². The predicted octanol–water partition coefficient (Wildman–Crippen LogP) is 3.22. The second-order valence-electron chi connectivity index (χ2n) is 2.84. The molecule has 0 spiro atoms. The van der Waals surface area contributed by atoms with Gasteiger partial charge in [0.2, 0.25) is 0 Å². The van der Waals surface area contributed by atoms with Crippen molar-refractivity contribution in [1.29, 1.82) is 0 Å². The molecule has 0 aliphatic carbocycles. The van der Waals surface area contributed by atoms with Gasteiger partial charge in [-0.3, -0.25) is 10.1 Å². The van der Waals surface area contributed by atoms with E-state index in [9.17, 15) is 27.3 Å². The molecule has 0 saturated carbocycles. The summed E-state index contributed by atoms with van der Waals surface area (Å²) in [5.74, 6) is 0. The highest BCUT2D eigenvalue weighted by atomic mass is 79.9. The lowest BCUT2D eigenvalue weighted by molar-refractivity contribution is -0.385. The van der Waals surface area contributed by atoms with Gasteiger partial charge in [-0.15, -0.1) is 0 Å². The third kappa shape index (κ3) is 3.11. The number of nitro benzene ring substituents is 1. The first-order valence-corrected chi connectivity index (χ1v) is 6.95. The van der Waals surface area contributed by atoms with Crippen LogP contribution in [-0.4, -0.2) is 13.3 Å². The molecule has 0 atom stereocenters. The maximum Gasteiger partial charge on any atom is 0.271 e. The Kier molecular flexibility index (Phi) is 4.05. The predicted molar refractivity (Wildman–Crippen MR) is 58.8 cm³/mol. The fraction of sp³-hybridized carbons (Fsp3) is 0.143. The smallest absolute Gasteiger partial charge is 0.258 e. The summed E-state index contributed by atoms with van der Waals surface area (Å²) >= 11 is 2.63. The summed E-state index contributed by atoms with van der Waals surface area (Å²) in [6, 6.07) is 1.19. The number of nitro groups is 1. The second-order valence-corrected chi connectivity index (χ2v) is 6.17. The zero-order valence-corrected chi connectivity index (χ0v) is 10.9. The number of hydrogen-bond acceptors (Lipinski definition) is 4. The number of hydrogen-bond donors (Lipinski definition) is 0. The molecule has 17 heavy (non-hydrogen) atoms. The minimum atomic E-state index is -4.36. The Morgan fingerprint density at radius 3 is 2.29 bits per heavy atom. The Hall–Kier alpha value is -0.800. The van der Waals surface area contributed by atoms with Gasteiger partial charge in [0.05, 0.1) is 4.92 Å². The van der Waals surface area contributed by atoms with Crippen molar-refractivity contribution in [3.63, 3.8) is 0 Å². The molecule has 1 aromatic carbocycles. The summed E-state index contributed by atoms with van der Waals surface area (Å²) in [5, 5.41) is 10.5. The van der Waals surface area contributed by atoms with E-state index < -0.39 is 41.0 Å². The van der Waals surface area contributed by atoms with Crippen LogP contribution in [0, 0.1) is 10.1 Å². The Morgan fingerprint density at radius 1 is 1.41 bits per heavy atom. The number of nitrogens with zero attached hydrogens (tertiary/aromatic N) is 1. The lowest BCUT2D eigenvalue weighted by Crippen LogP contribution is -2.00. The van der Waals surface area contributed by atoms with Crippen LogP contribution in [0.3, 0.4) is 0 Å². The summed E-state index contributed by atoms with van der Waals surface area (Å²) in [6.07, 6.45) is -3.07. The zero-order valence-electron chi connectivity index (χ0n) is 7.73. The highest BCUT2D eigenvalue weighted by molar-refractivity contribution is 9.10. The molecule has 10 heteroatoms. The quantitative estimate of drug-likeness (QED) is 0.476. The van der Waals surface area contributed by atoms with Crippen molar-refractivity contribution in [3.05, 3.63) is 32.3 Å². The van der Waals surface area contributed by atoms with E-state index in [1.54, 1.807) is 0 Å². The Bertz CT molecular complexity index is 577. The van der Waals surface area contributed by atoms with Crippen LogP contribution in [0.2, 0.25) is 0 Å². The van der Waals surface area contributed by atoms with Gasteiger partial charge >= 0.3 is 0 Å². The first kappa shape index (κ1) is 14.3. The topological polar surface area (TPSA) is 77.3 Å². The minimum absolute atomic E-state index is 0.479. The number of non-ortho nitro benzene ring substituents is 1. The van der Waals surface area contributed by atoms with Crippen LogP contribution in [0.4, 0.5) is 14.5 Å². The maximum absolute atomic E-state index is 12.5. The van der Waals surface area contributed by atoms with Gasteiger partial charge in [-0.05, 0) is 15.9 Å². The van der Waals surface area contributed by atoms with Crippen molar-refractivity contribution in [2.75, 3.05) is 0 Å². The number of rotatable bonds is 3. The summed E-state index contributed by atoms with van der Waals surface area (Å²) < 4.78 is 46.8. The van der Waals surface area contributed by atoms with Gasteiger partial charge in [0, 0.05) is 32.9 Å². The lowest BCUT2D eigenvalue weighted by atomic mass is 10.2. The average Bonchev–Trinajstić information content (AvgIpc) is 2.15. The molecule has 0 amide bonds. The highest BCUT2D eigenvalue weighted by Crippen LogP contribution is 2.37. The van der Waals surface area contributed by atoms with E-state index in [2.05, 4.69) is 15.9 Å². The number of halogens is 4. The molecule has 1 rings (SSSR count). The van der Waals surface area contributed by atoms with E-state index in [4.69, 9.17) is 10.7 Å². The summed E-state index contributed by atoms with van der Waals surface area (Å²) in [4.78, 5) is 8.73. The van der Waals surface area contributed by atoms with Crippen molar-refractivity contribution in [3.8, 4) is 0 Å². The van der Waals surface area contributed by atoms with E-state index in [1.807, 2.05) is 0 Å². The van der Waals surface area contributed by atoms with E-state index in [0.717, 1.165) is 0 Å². The fourth-order valence-corrected chi connectivity index (χ4v) is 3.33. The van der Waals surface area contributed by atoms with Crippen LogP contribution < -0.4 is 0 Å². The Balaban J connectivity index is 3.67. The fourth-order valence-electron chi connectivity index (χ4n) is 1.05. The van der Waals surface area contributed by atoms with E-state index in [-0.39, 0.29) is 0 Å². The first-order chi connectivity index (χ1) is 7.64. The Labute approximate surface area is 107 Å². The third-order valence-corrected chi connectivity index (χ3v) is 4.25. The van der Waals surface area contributed by atoms with Crippen LogP contribution in [0.15, 0.2) is 21.5 Å². The number of benzene rings is 1. The second kappa shape index (κ2) is 4.83. The van der Waals surface area contributed by atoms with Crippen LogP contribution in [-0.2, 0) is 9.05 Å². The standard InChI is InChI=1S/C7H3BrClF2NO4S/c8-6-4(7(10)11)1-3(12(13)14)2-5(6)17(9,15)16/h1-2,7H. The van der Waals surface area contributed by atoms with Crippen LogP contribution in [0.5, 0.6) is 0 Å². The Morgan fingerprint density at radius 2 is 1.94 bits per heavy atom. The van der Waals surface area contributed by atoms with Crippen LogP contribution >= 0.6 is 26.6 Å². The normalized spacial score (nSPS) is 11.8. The van der Waals surface area contributed by atoms with Crippen molar-refractivity contribution in [1.82, 2.24) is 0 Å². The van der Waals surface area contributed by atoms with E-state index in [0.29, 0.717) is 12.1 Å². The molecule has 0 aliphatic rings. The maximum atomic E-state index is 12.5. The molecular weight excluding hydrogens is 348 g/mol. The molecule has 5 nitrogen and oxygen atoms in total. The summed E-state index contributed by atoms with van der Waals surface area (Å²) in [7, 11) is 0.634. The molecule has 0 unspecified atom stereocenters. The molecule has 0 radical (unpaired) electrons. The molecule has 0 fully saturated rings. The van der Waals surface area contributed by atoms with Crippen molar-refractivity contribution >= 4 is 41.4 Å². The van der Waals surface area contributed by atoms with Gasteiger partial charge < -0.3 is 0 Å². The molecule has 0 N–H and O–H groups in total. The molecule has 94 valence electrons. The van der Waals surface area contributed by atoms with E-state index in [1.165, 1.54) is 0 Å². The molecule has 1 aromatic rings. The minimum Gasteiger partial charge on any atom is -0.258 e. The molecule has 0 bridgehead atoms. The van der Waals surface area contributed by atoms with Gasteiger partial charge in [-0.1, -0.05) is 0 Å². The molecular formula is C7H3BrClF2NO4S. The van der Waals surface area contributed by atoms with E-state index >= 15 is 0 Å². The summed E-state index contributed by atoms with van der Waals surface area (Å²) in [6.45, 7) is 0. The first-order valence-electron chi connectivity index (χ1n) is 3.85. The molecule has 0 heterocycles. The number of alkyl halides is 2. The molecule has 0 saturated heterocycles. The van der Waals surface area contributed by atoms with Gasteiger partial charge in [0.1, 0.15) is 4.90 Å². The average molecular weight is 351 g/mol. The van der Waals surface area contributed by atoms with Crippen LogP contribution in [0.25, 0.3) is 0 Å². The van der Waals surface area contributed by atoms with Gasteiger partial charge in [0.25, 0.3) is 21.2 Å². The zero-order chi connectivity index (χ0) is 13.4. The SMILES string of the molecule is O=[N+]([O-])c1cc(C(F)F)c(Br)c(S(=O)(=O)Cl)c1.